The fourth-order valence-electron chi connectivity index (χ4n) is 1.97. The molecule has 0 spiro atoms. The van der Waals surface area contributed by atoms with E-state index in [2.05, 4.69) is 5.32 Å². The highest BCUT2D eigenvalue weighted by Gasteiger charge is 2.19. The predicted octanol–water partition coefficient (Wildman–Crippen LogP) is 0.391. The Labute approximate surface area is 91.2 Å². The van der Waals surface area contributed by atoms with Crippen LogP contribution >= 0.6 is 0 Å². The Kier molecular flexibility index (Phi) is 5.05. The van der Waals surface area contributed by atoms with Crippen LogP contribution in [0.25, 0.3) is 0 Å². The quantitative estimate of drug-likeness (QED) is 0.633. The van der Waals surface area contributed by atoms with Crippen LogP contribution in [0.4, 0.5) is 0 Å². The lowest BCUT2D eigenvalue weighted by Crippen LogP contribution is -2.34. The van der Waals surface area contributed by atoms with Gasteiger partial charge in [0.2, 0.25) is 5.91 Å². The Balaban J connectivity index is 2.12. The molecule has 0 aromatic rings. The second-order valence-electron chi connectivity index (χ2n) is 4.66. The minimum atomic E-state index is -0.124. The van der Waals surface area contributed by atoms with Crippen LogP contribution in [-0.2, 0) is 4.79 Å². The molecule has 0 radical (unpaired) electrons. The highest BCUT2D eigenvalue weighted by Crippen LogP contribution is 2.23. The van der Waals surface area contributed by atoms with Gasteiger partial charge in [-0.3, -0.25) is 4.79 Å². The number of aliphatic hydroxyl groups is 1. The van der Waals surface area contributed by atoms with E-state index in [4.69, 9.17) is 5.73 Å². The van der Waals surface area contributed by atoms with E-state index in [-0.39, 0.29) is 18.1 Å². The van der Waals surface area contributed by atoms with Gasteiger partial charge in [0.25, 0.3) is 0 Å². The second kappa shape index (κ2) is 6.08. The normalized spacial score (nSPS) is 28.5. The molecule has 1 atom stereocenters. The lowest BCUT2D eigenvalue weighted by Gasteiger charge is -2.25. The third-order valence-electron chi connectivity index (χ3n) is 2.91. The van der Waals surface area contributed by atoms with Crippen LogP contribution in [0.3, 0.4) is 0 Å². The van der Waals surface area contributed by atoms with Crippen molar-refractivity contribution in [1.29, 1.82) is 0 Å². The Hall–Kier alpha value is -0.610. The van der Waals surface area contributed by atoms with E-state index in [0.29, 0.717) is 12.3 Å². The summed E-state index contributed by atoms with van der Waals surface area (Å²) in [5, 5.41) is 12.2. The lowest BCUT2D eigenvalue weighted by molar-refractivity contribution is -0.121. The van der Waals surface area contributed by atoms with E-state index in [1.54, 1.807) is 0 Å². The third-order valence-corrected chi connectivity index (χ3v) is 2.91. The first-order valence-corrected chi connectivity index (χ1v) is 5.78. The number of aliphatic hydroxyl groups excluding tert-OH is 1. The van der Waals surface area contributed by atoms with Gasteiger partial charge in [0, 0.05) is 19.0 Å². The van der Waals surface area contributed by atoms with Crippen molar-refractivity contribution in [1.82, 2.24) is 5.32 Å². The smallest absolute Gasteiger partial charge is 0.221 e. The van der Waals surface area contributed by atoms with E-state index < -0.39 is 0 Å². The largest absolute Gasteiger partial charge is 0.393 e. The highest BCUT2D eigenvalue weighted by atomic mass is 16.3. The van der Waals surface area contributed by atoms with Gasteiger partial charge in [-0.15, -0.1) is 0 Å². The molecule has 1 fully saturated rings. The summed E-state index contributed by atoms with van der Waals surface area (Å²) in [5.74, 6) is 0.571. The Morgan fingerprint density at radius 3 is 2.60 bits per heavy atom. The number of nitrogens with one attached hydrogen (secondary N) is 1. The van der Waals surface area contributed by atoms with Crippen LogP contribution in [0.2, 0.25) is 0 Å². The Morgan fingerprint density at radius 1 is 1.47 bits per heavy atom. The molecule has 1 unspecified atom stereocenters. The summed E-state index contributed by atoms with van der Waals surface area (Å²) in [7, 11) is 0. The molecule has 0 aromatic carbocycles. The summed E-state index contributed by atoms with van der Waals surface area (Å²) in [5.41, 5.74) is 5.53. The van der Waals surface area contributed by atoms with Gasteiger partial charge >= 0.3 is 0 Å². The maximum Gasteiger partial charge on any atom is 0.221 e. The first kappa shape index (κ1) is 12.5. The molecule has 1 aliphatic carbocycles. The van der Waals surface area contributed by atoms with Crippen molar-refractivity contribution in [2.45, 2.75) is 51.2 Å². The van der Waals surface area contributed by atoms with Crippen molar-refractivity contribution in [3.63, 3.8) is 0 Å². The summed E-state index contributed by atoms with van der Waals surface area (Å²) in [6, 6.07) is -0.0711. The number of carbonyl (C=O) groups is 1. The molecule has 0 saturated heterocycles. The van der Waals surface area contributed by atoms with Gasteiger partial charge in [0.15, 0.2) is 0 Å². The molecule has 15 heavy (non-hydrogen) atoms. The third kappa shape index (κ3) is 5.14. The topological polar surface area (TPSA) is 75.4 Å². The van der Waals surface area contributed by atoms with Gasteiger partial charge in [-0.05, 0) is 38.5 Å². The Morgan fingerprint density at radius 2 is 2.07 bits per heavy atom. The minimum Gasteiger partial charge on any atom is -0.393 e. The van der Waals surface area contributed by atoms with E-state index >= 15 is 0 Å². The molecule has 1 amide bonds. The molecular weight excluding hydrogens is 192 g/mol. The first-order valence-electron chi connectivity index (χ1n) is 5.78. The van der Waals surface area contributed by atoms with E-state index in [9.17, 15) is 9.90 Å². The first-order chi connectivity index (χ1) is 7.08. The number of hydrogen-bond donors (Lipinski definition) is 3. The molecular formula is C11H22N2O2. The lowest BCUT2D eigenvalue weighted by atomic mass is 9.87. The SMILES string of the molecule is CC(N)CC(=O)NCC1CCC(O)CC1. The molecule has 0 heterocycles. The molecule has 1 saturated carbocycles. The summed E-state index contributed by atoms with van der Waals surface area (Å²) < 4.78 is 0. The van der Waals surface area contributed by atoms with Gasteiger partial charge in [-0.25, -0.2) is 0 Å². The van der Waals surface area contributed by atoms with Crippen LogP contribution in [0.5, 0.6) is 0 Å². The van der Waals surface area contributed by atoms with E-state index in [0.717, 1.165) is 32.2 Å². The zero-order valence-electron chi connectivity index (χ0n) is 9.41. The van der Waals surface area contributed by atoms with Crippen molar-refractivity contribution < 1.29 is 9.90 Å². The molecule has 4 N–H and O–H groups in total. The molecule has 1 rings (SSSR count). The van der Waals surface area contributed by atoms with Crippen molar-refractivity contribution in [3.8, 4) is 0 Å². The molecule has 88 valence electrons. The maximum atomic E-state index is 11.3. The molecule has 4 nitrogen and oxygen atoms in total. The van der Waals surface area contributed by atoms with Crippen LogP contribution < -0.4 is 11.1 Å². The van der Waals surface area contributed by atoms with Crippen molar-refractivity contribution in [2.24, 2.45) is 11.7 Å². The van der Waals surface area contributed by atoms with Crippen molar-refractivity contribution in [2.75, 3.05) is 6.54 Å². The van der Waals surface area contributed by atoms with Gasteiger partial charge in [-0.1, -0.05) is 0 Å². The summed E-state index contributed by atoms with van der Waals surface area (Å²) in [6.07, 6.45) is 4.04. The van der Waals surface area contributed by atoms with Crippen molar-refractivity contribution >= 4 is 5.91 Å². The van der Waals surface area contributed by atoms with Gasteiger partial charge in [0.1, 0.15) is 0 Å². The molecule has 0 bridgehead atoms. The van der Waals surface area contributed by atoms with Crippen LogP contribution in [0.1, 0.15) is 39.0 Å². The number of rotatable bonds is 4. The average molecular weight is 214 g/mol. The number of hydrogen-bond acceptors (Lipinski definition) is 3. The Bertz CT molecular complexity index is 199. The van der Waals surface area contributed by atoms with Crippen LogP contribution in [0, 0.1) is 5.92 Å². The standard InChI is InChI=1S/C11H22N2O2/c1-8(12)6-11(15)13-7-9-2-4-10(14)5-3-9/h8-10,14H,2-7,12H2,1H3,(H,13,15). The van der Waals surface area contributed by atoms with Gasteiger partial charge < -0.3 is 16.2 Å². The number of amides is 1. The summed E-state index contributed by atoms with van der Waals surface area (Å²) in [4.78, 5) is 11.3. The predicted molar refractivity (Wildman–Crippen MR) is 59.2 cm³/mol. The van der Waals surface area contributed by atoms with Gasteiger partial charge in [0.05, 0.1) is 6.10 Å². The van der Waals surface area contributed by atoms with Crippen LogP contribution in [-0.4, -0.2) is 29.7 Å². The maximum absolute atomic E-state index is 11.3. The van der Waals surface area contributed by atoms with E-state index in [1.165, 1.54) is 0 Å². The highest BCUT2D eigenvalue weighted by molar-refractivity contribution is 5.76. The average Bonchev–Trinajstić information content (AvgIpc) is 2.16. The van der Waals surface area contributed by atoms with E-state index in [1.807, 2.05) is 6.92 Å². The number of nitrogens with two attached hydrogens (primary N) is 1. The molecule has 0 aromatic heterocycles. The zero-order valence-corrected chi connectivity index (χ0v) is 9.41. The number of carbonyl (C=O) groups excluding carboxylic acids is 1. The summed E-state index contributed by atoms with van der Waals surface area (Å²) in [6.45, 7) is 2.56. The van der Waals surface area contributed by atoms with Gasteiger partial charge in [-0.2, -0.15) is 0 Å². The fraction of sp³-hybridized carbons (Fsp3) is 0.909. The zero-order chi connectivity index (χ0) is 11.3. The van der Waals surface area contributed by atoms with Crippen LogP contribution in [0.15, 0.2) is 0 Å². The fourth-order valence-corrected chi connectivity index (χ4v) is 1.97. The monoisotopic (exact) mass is 214 g/mol. The summed E-state index contributed by atoms with van der Waals surface area (Å²) >= 11 is 0. The minimum absolute atomic E-state index is 0.0381. The second-order valence-corrected chi connectivity index (χ2v) is 4.66. The molecule has 4 heteroatoms. The molecule has 0 aliphatic heterocycles. The molecule has 1 aliphatic rings. The van der Waals surface area contributed by atoms with Crippen molar-refractivity contribution in [3.05, 3.63) is 0 Å².